The summed E-state index contributed by atoms with van der Waals surface area (Å²) in [6.07, 6.45) is 7.99. The van der Waals surface area contributed by atoms with Gasteiger partial charge in [-0.3, -0.25) is 9.69 Å². The summed E-state index contributed by atoms with van der Waals surface area (Å²) in [6.45, 7) is 7.88. The van der Waals surface area contributed by atoms with Gasteiger partial charge in [-0.15, -0.1) is 0 Å². The van der Waals surface area contributed by atoms with Crippen molar-refractivity contribution in [2.24, 2.45) is 0 Å². The van der Waals surface area contributed by atoms with Gasteiger partial charge in [0.25, 0.3) is 5.91 Å². The van der Waals surface area contributed by atoms with Gasteiger partial charge in [-0.25, -0.2) is 4.98 Å². The van der Waals surface area contributed by atoms with Crippen LogP contribution in [0.4, 0.5) is 0 Å². The van der Waals surface area contributed by atoms with Gasteiger partial charge in [0.05, 0.1) is 11.0 Å². The molecule has 3 aliphatic heterocycles. The Kier molecular flexibility index (Phi) is 6.59. The molecule has 3 aromatic rings. The average Bonchev–Trinajstić information content (AvgIpc) is 3.38. The van der Waals surface area contributed by atoms with Gasteiger partial charge in [-0.2, -0.15) is 0 Å². The monoisotopic (exact) mass is 514 g/mol. The first-order valence-corrected chi connectivity index (χ1v) is 14.5. The summed E-state index contributed by atoms with van der Waals surface area (Å²) in [5.74, 6) is 0.987. The summed E-state index contributed by atoms with van der Waals surface area (Å²) in [5, 5.41) is 10.3. The summed E-state index contributed by atoms with van der Waals surface area (Å²) < 4.78 is 2.51. The van der Waals surface area contributed by atoms with Crippen LogP contribution in [0.1, 0.15) is 76.2 Å². The van der Waals surface area contributed by atoms with E-state index < -0.39 is 5.60 Å². The first kappa shape index (κ1) is 25.6. The molecule has 1 aromatic heterocycles. The maximum atomic E-state index is 12.8. The largest absolute Gasteiger partial charge is 0.381 e. The number of fused-ring (bicyclic) bond motifs is 3. The van der Waals surface area contributed by atoms with E-state index in [0.717, 1.165) is 37.1 Å². The zero-order valence-electron chi connectivity index (χ0n) is 23.1. The van der Waals surface area contributed by atoms with Crippen LogP contribution in [0.25, 0.3) is 11.0 Å². The number of carbonyl (C=O) groups is 1. The smallest absolute Gasteiger partial charge is 0.253 e. The highest BCUT2D eigenvalue weighted by Gasteiger charge is 2.44. The number of likely N-dealkylation sites (tertiary alicyclic amines) is 1. The summed E-state index contributed by atoms with van der Waals surface area (Å²) in [4.78, 5) is 22.3. The molecular weight excluding hydrogens is 472 g/mol. The SMILES string of the molecule is Cc1nc2ccccc2n1[C@H]1C[C@H]2CC[C@@H](C1)N2CCC1(c2ccccc2)CCN(C(=O)C(C)(C)O)CC1. The van der Waals surface area contributed by atoms with Crippen LogP contribution >= 0.6 is 0 Å². The predicted molar refractivity (Wildman–Crippen MR) is 151 cm³/mol. The average molecular weight is 515 g/mol. The molecule has 6 rings (SSSR count). The number of hydrogen-bond acceptors (Lipinski definition) is 4. The Hall–Kier alpha value is -2.70. The molecule has 0 unspecified atom stereocenters. The van der Waals surface area contributed by atoms with Gasteiger partial charge in [0.15, 0.2) is 0 Å². The fourth-order valence-corrected chi connectivity index (χ4v) is 7.79. The topological polar surface area (TPSA) is 61.6 Å². The second-order valence-electron chi connectivity index (χ2n) is 12.5. The van der Waals surface area contributed by atoms with E-state index in [1.807, 2.05) is 4.90 Å². The van der Waals surface area contributed by atoms with Crippen molar-refractivity contribution >= 4 is 16.9 Å². The molecule has 2 aromatic carbocycles. The van der Waals surface area contributed by atoms with E-state index >= 15 is 0 Å². The van der Waals surface area contributed by atoms with E-state index in [4.69, 9.17) is 4.98 Å². The molecule has 0 radical (unpaired) electrons. The predicted octanol–water partition coefficient (Wildman–Crippen LogP) is 5.23. The highest BCUT2D eigenvalue weighted by atomic mass is 16.3. The first-order valence-electron chi connectivity index (χ1n) is 14.5. The molecule has 6 nitrogen and oxygen atoms in total. The second-order valence-corrected chi connectivity index (χ2v) is 12.5. The Labute approximate surface area is 226 Å². The molecule has 3 atom stereocenters. The summed E-state index contributed by atoms with van der Waals surface area (Å²) in [7, 11) is 0. The Bertz CT molecular complexity index is 1270. The number of carbonyl (C=O) groups excluding carboxylic acids is 1. The number of piperidine rings is 2. The normalized spacial score (nSPS) is 25.7. The first-order chi connectivity index (χ1) is 18.2. The van der Waals surface area contributed by atoms with Crippen LogP contribution in [0.2, 0.25) is 0 Å². The minimum Gasteiger partial charge on any atom is -0.381 e. The van der Waals surface area contributed by atoms with Crippen LogP contribution in [0, 0.1) is 6.92 Å². The van der Waals surface area contributed by atoms with Crippen molar-refractivity contribution in [3.8, 4) is 0 Å². The van der Waals surface area contributed by atoms with Gasteiger partial charge < -0.3 is 14.6 Å². The van der Waals surface area contributed by atoms with Crippen molar-refractivity contribution in [3.05, 3.63) is 66.0 Å². The summed E-state index contributed by atoms with van der Waals surface area (Å²) in [6, 6.07) is 21.3. The van der Waals surface area contributed by atoms with Crippen molar-refractivity contribution in [2.75, 3.05) is 19.6 Å². The van der Waals surface area contributed by atoms with Crippen molar-refractivity contribution in [3.63, 3.8) is 0 Å². The Balaban J connectivity index is 1.17. The van der Waals surface area contributed by atoms with E-state index in [-0.39, 0.29) is 11.3 Å². The Morgan fingerprint density at radius 1 is 0.974 bits per heavy atom. The van der Waals surface area contributed by atoms with Gasteiger partial charge in [-0.05, 0) is 95.4 Å². The van der Waals surface area contributed by atoms with E-state index in [1.54, 1.807) is 13.8 Å². The van der Waals surface area contributed by atoms with Crippen LogP contribution in [-0.2, 0) is 10.2 Å². The summed E-state index contributed by atoms with van der Waals surface area (Å²) >= 11 is 0. The Morgan fingerprint density at radius 3 is 2.26 bits per heavy atom. The van der Waals surface area contributed by atoms with Gasteiger partial charge in [-0.1, -0.05) is 42.5 Å². The van der Waals surface area contributed by atoms with E-state index in [0.29, 0.717) is 31.2 Å². The van der Waals surface area contributed by atoms with E-state index in [1.165, 1.54) is 36.8 Å². The molecule has 0 aliphatic carbocycles. The highest BCUT2D eigenvalue weighted by Crippen LogP contribution is 2.45. The molecule has 1 N–H and O–H groups in total. The third kappa shape index (κ3) is 4.56. The number of aliphatic hydroxyl groups is 1. The van der Waals surface area contributed by atoms with Crippen LogP contribution in [0.15, 0.2) is 54.6 Å². The number of hydrogen-bond donors (Lipinski definition) is 1. The van der Waals surface area contributed by atoms with E-state index in [2.05, 4.69) is 71.0 Å². The summed E-state index contributed by atoms with van der Waals surface area (Å²) in [5.41, 5.74) is 2.55. The van der Waals surface area contributed by atoms with Crippen molar-refractivity contribution in [1.82, 2.24) is 19.4 Å². The zero-order valence-corrected chi connectivity index (χ0v) is 23.1. The molecule has 202 valence electrons. The quantitative estimate of drug-likeness (QED) is 0.489. The fourth-order valence-electron chi connectivity index (χ4n) is 7.79. The van der Waals surface area contributed by atoms with Crippen LogP contribution in [0.3, 0.4) is 0 Å². The Morgan fingerprint density at radius 2 is 1.61 bits per heavy atom. The molecule has 38 heavy (non-hydrogen) atoms. The molecule has 0 saturated carbocycles. The van der Waals surface area contributed by atoms with Gasteiger partial charge >= 0.3 is 0 Å². The molecule has 6 heteroatoms. The number of nitrogens with zero attached hydrogens (tertiary/aromatic N) is 4. The molecular formula is C32H42N4O2. The standard InChI is InChI=1S/C32H42N4O2/c1-23-33-28-11-7-8-12-29(28)36(23)27-21-25-13-14-26(22-27)35(25)20-17-32(24-9-5-4-6-10-24)15-18-34(19-16-32)30(37)31(2,3)38/h4-12,25-27,38H,13-22H2,1-3H3/t25-,26+,27+. The molecule has 1 amide bonds. The van der Waals surface area contributed by atoms with Crippen molar-refractivity contribution in [2.45, 2.75) is 94.9 Å². The third-order valence-electron chi connectivity index (χ3n) is 9.76. The number of rotatable bonds is 6. The number of aryl methyl sites for hydroxylation is 1. The number of aromatic nitrogens is 2. The molecule has 3 aliphatic rings. The van der Waals surface area contributed by atoms with Crippen LogP contribution in [0.5, 0.6) is 0 Å². The third-order valence-corrected chi connectivity index (χ3v) is 9.76. The minimum absolute atomic E-state index is 0.0745. The van der Waals surface area contributed by atoms with Crippen LogP contribution < -0.4 is 0 Å². The number of benzene rings is 2. The maximum absolute atomic E-state index is 12.8. The maximum Gasteiger partial charge on any atom is 0.253 e. The number of para-hydroxylation sites is 2. The van der Waals surface area contributed by atoms with Gasteiger partial charge in [0, 0.05) is 31.2 Å². The molecule has 2 bridgehead atoms. The lowest BCUT2D eigenvalue weighted by Gasteiger charge is -2.46. The zero-order chi connectivity index (χ0) is 26.5. The highest BCUT2D eigenvalue weighted by molar-refractivity contribution is 5.84. The number of imidazole rings is 1. The van der Waals surface area contributed by atoms with Crippen molar-refractivity contribution in [1.29, 1.82) is 0 Å². The van der Waals surface area contributed by atoms with Gasteiger partial charge in [0.1, 0.15) is 11.4 Å². The lowest BCUT2D eigenvalue weighted by molar-refractivity contribution is -0.149. The lowest BCUT2D eigenvalue weighted by atomic mass is 9.70. The molecule has 3 fully saturated rings. The minimum atomic E-state index is -1.31. The lowest BCUT2D eigenvalue weighted by Crippen LogP contribution is -2.52. The number of amides is 1. The van der Waals surface area contributed by atoms with Crippen LogP contribution in [-0.4, -0.2) is 67.7 Å². The second kappa shape index (κ2) is 9.80. The van der Waals surface area contributed by atoms with Crippen molar-refractivity contribution < 1.29 is 9.90 Å². The molecule has 4 heterocycles. The van der Waals surface area contributed by atoms with E-state index in [9.17, 15) is 9.90 Å². The molecule has 3 saturated heterocycles. The molecule has 0 spiro atoms. The van der Waals surface area contributed by atoms with Gasteiger partial charge in [0.2, 0.25) is 0 Å². The fraction of sp³-hybridized carbons (Fsp3) is 0.562.